The van der Waals surface area contributed by atoms with Crippen LogP contribution < -0.4 is 5.32 Å². The van der Waals surface area contributed by atoms with E-state index in [1.54, 1.807) is 0 Å². The first-order chi connectivity index (χ1) is 3.89. The molecule has 0 spiro atoms. The van der Waals surface area contributed by atoms with Crippen molar-refractivity contribution in [3.05, 3.63) is 0 Å². The molecular weight excluding hydrogens is 122 g/mol. The van der Waals surface area contributed by atoms with Crippen LogP contribution in [0.3, 0.4) is 0 Å². The fourth-order valence-corrected chi connectivity index (χ4v) is 1.29. The lowest BCUT2D eigenvalue weighted by molar-refractivity contribution is 0.260. The lowest BCUT2D eigenvalue weighted by Crippen LogP contribution is -2.07. The molecule has 8 heavy (non-hydrogen) atoms. The zero-order valence-corrected chi connectivity index (χ0v) is 5.41. The fourth-order valence-electron chi connectivity index (χ4n) is 0.589. The maximum Gasteiger partial charge on any atom is 0.300 e. The van der Waals surface area contributed by atoms with E-state index in [2.05, 4.69) is 5.32 Å². The molecule has 0 aromatic rings. The lowest BCUT2D eigenvalue weighted by atomic mass is 10.3. The molecule has 45 valence electrons. The maximum atomic E-state index is 10.5. The molecule has 1 amide bonds. The second kappa shape index (κ2) is 2.97. The highest BCUT2D eigenvalue weighted by Crippen LogP contribution is 2.09. The molecule has 1 rings (SSSR count). The van der Waals surface area contributed by atoms with Gasteiger partial charge >= 0.3 is 0 Å². The topological polar surface area (TPSA) is 31.2 Å². The minimum atomic E-state index is 0.0162. The van der Waals surface area contributed by atoms with Crippen molar-refractivity contribution in [3.63, 3.8) is 0 Å². The van der Waals surface area contributed by atoms with Crippen LogP contribution in [0.15, 0.2) is 0 Å². The van der Waals surface area contributed by atoms with E-state index in [1.807, 2.05) is 0 Å². The summed E-state index contributed by atoms with van der Waals surface area (Å²) >= 11 is 1.33. The van der Waals surface area contributed by atoms with Crippen molar-refractivity contribution in [2.45, 2.75) is 12.8 Å². The molecule has 1 aliphatic rings. The Morgan fingerprint density at radius 3 is 3.25 bits per heavy atom. The van der Waals surface area contributed by atoms with Gasteiger partial charge in [0.1, 0.15) is 0 Å². The van der Waals surface area contributed by atoms with Gasteiger partial charge in [-0.1, -0.05) is 11.8 Å². The van der Waals surface area contributed by atoms with Crippen LogP contribution >= 0.6 is 11.8 Å². The monoisotopic (exact) mass is 130 g/mol. The molecule has 2 nitrogen and oxygen atoms in total. The third-order valence-corrected chi connectivity index (χ3v) is 1.89. The molecule has 0 aromatic carbocycles. The van der Waals surface area contributed by atoms with Crippen molar-refractivity contribution in [2.75, 3.05) is 12.3 Å². The van der Waals surface area contributed by atoms with E-state index in [4.69, 9.17) is 0 Å². The van der Waals surface area contributed by atoms with Crippen molar-refractivity contribution in [3.8, 4) is 0 Å². The average Bonchev–Trinajstić information content (AvgIpc) is 1.94. The van der Waals surface area contributed by atoms with Gasteiger partial charge in [0.05, 0.1) is 0 Å². The summed E-state index contributed by atoms with van der Waals surface area (Å²) in [6.45, 7) is 0.742. The highest BCUT2D eigenvalue weighted by Gasteiger charge is 2.06. The lowest BCUT2D eigenvalue weighted by Gasteiger charge is -1.88. The molecule has 0 unspecified atom stereocenters. The van der Waals surface area contributed by atoms with Gasteiger partial charge in [0, 0.05) is 12.3 Å². The highest BCUT2D eigenvalue weighted by atomic mass is 32.2. The molecule has 0 N–H and O–H groups in total. The van der Waals surface area contributed by atoms with Crippen LogP contribution in [0.1, 0.15) is 12.8 Å². The number of amides is 1. The SMILES string of the molecule is O=C1[N]CCCCS1. The van der Waals surface area contributed by atoms with Crippen LogP contribution in [0.25, 0.3) is 0 Å². The summed E-state index contributed by atoms with van der Waals surface area (Å²) in [5.74, 6) is 0.961. The second-order valence-electron chi connectivity index (χ2n) is 1.70. The average molecular weight is 130 g/mol. The first-order valence-corrected chi connectivity index (χ1v) is 3.72. The number of carbonyl (C=O) groups is 1. The van der Waals surface area contributed by atoms with Crippen LogP contribution in [0.5, 0.6) is 0 Å². The molecule has 0 aliphatic carbocycles. The van der Waals surface area contributed by atoms with Gasteiger partial charge in [-0.15, -0.1) is 0 Å². The molecule has 1 aliphatic heterocycles. The second-order valence-corrected chi connectivity index (χ2v) is 2.75. The Balaban J connectivity index is 2.27. The predicted octanol–water partition coefficient (Wildman–Crippen LogP) is 1.24. The summed E-state index contributed by atoms with van der Waals surface area (Å²) in [6.07, 6.45) is 2.22. The fraction of sp³-hybridized carbons (Fsp3) is 0.800. The van der Waals surface area contributed by atoms with E-state index in [0.29, 0.717) is 0 Å². The smallest absolute Gasteiger partial charge is 0.260 e. The standard InChI is InChI=1S/C5H8NOS/c7-5-6-3-1-2-4-8-5/h1-4H2. The first kappa shape index (κ1) is 5.95. The summed E-state index contributed by atoms with van der Waals surface area (Å²) in [4.78, 5) is 10.5. The van der Waals surface area contributed by atoms with E-state index >= 15 is 0 Å². The van der Waals surface area contributed by atoms with Crippen molar-refractivity contribution >= 4 is 17.0 Å². The highest BCUT2D eigenvalue weighted by molar-refractivity contribution is 8.13. The van der Waals surface area contributed by atoms with E-state index in [1.165, 1.54) is 11.8 Å². The van der Waals surface area contributed by atoms with Gasteiger partial charge < -0.3 is 0 Å². The Hall–Kier alpha value is -0.180. The van der Waals surface area contributed by atoms with Gasteiger partial charge in [0.15, 0.2) is 0 Å². The number of hydrogen-bond donors (Lipinski definition) is 0. The normalized spacial score (nSPS) is 21.8. The van der Waals surface area contributed by atoms with E-state index in [9.17, 15) is 4.79 Å². The van der Waals surface area contributed by atoms with E-state index in [0.717, 1.165) is 25.1 Å². The molecule has 3 heteroatoms. The largest absolute Gasteiger partial charge is 0.300 e. The van der Waals surface area contributed by atoms with Crippen molar-refractivity contribution in [2.24, 2.45) is 0 Å². The van der Waals surface area contributed by atoms with Gasteiger partial charge in [0.25, 0.3) is 5.24 Å². The first-order valence-electron chi connectivity index (χ1n) is 2.74. The van der Waals surface area contributed by atoms with Crippen molar-refractivity contribution in [1.29, 1.82) is 0 Å². The summed E-state index contributed by atoms with van der Waals surface area (Å²) in [5.41, 5.74) is 0. The molecule has 0 aromatic heterocycles. The Morgan fingerprint density at radius 1 is 1.50 bits per heavy atom. The quantitative estimate of drug-likeness (QED) is 0.494. The number of nitrogens with zero attached hydrogens (tertiary/aromatic N) is 1. The van der Waals surface area contributed by atoms with E-state index in [-0.39, 0.29) is 5.24 Å². The zero-order valence-electron chi connectivity index (χ0n) is 4.59. The van der Waals surface area contributed by atoms with Crippen LogP contribution in [0.2, 0.25) is 0 Å². The van der Waals surface area contributed by atoms with Crippen LogP contribution in [0, 0.1) is 0 Å². The van der Waals surface area contributed by atoms with Gasteiger partial charge in [-0.25, -0.2) is 5.32 Å². The summed E-state index contributed by atoms with van der Waals surface area (Å²) in [5, 5.41) is 3.76. The van der Waals surface area contributed by atoms with Crippen molar-refractivity contribution in [1.82, 2.24) is 5.32 Å². The van der Waals surface area contributed by atoms with Crippen LogP contribution in [0.4, 0.5) is 4.79 Å². The summed E-state index contributed by atoms with van der Waals surface area (Å²) < 4.78 is 0. The molecule has 1 fully saturated rings. The van der Waals surface area contributed by atoms with Gasteiger partial charge in [0.2, 0.25) is 0 Å². The Morgan fingerprint density at radius 2 is 2.38 bits per heavy atom. The molecule has 1 heterocycles. The molecule has 0 atom stereocenters. The predicted molar refractivity (Wildman–Crippen MR) is 34.1 cm³/mol. The third kappa shape index (κ3) is 1.74. The molecule has 1 radical (unpaired) electrons. The molecule has 1 saturated heterocycles. The van der Waals surface area contributed by atoms with Gasteiger partial charge in [-0.3, -0.25) is 4.79 Å². The van der Waals surface area contributed by atoms with Crippen molar-refractivity contribution < 1.29 is 4.79 Å². The van der Waals surface area contributed by atoms with Crippen LogP contribution in [-0.4, -0.2) is 17.5 Å². The summed E-state index contributed by atoms with van der Waals surface area (Å²) in [7, 11) is 0. The zero-order chi connectivity index (χ0) is 5.82. The van der Waals surface area contributed by atoms with Gasteiger partial charge in [-0.2, -0.15) is 0 Å². The number of hydrogen-bond acceptors (Lipinski definition) is 2. The molecule has 0 saturated carbocycles. The summed E-state index contributed by atoms with van der Waals surface area (Å²) in [6, 6.07) is 0. The number of rotatable bonds is 0. The third-order valence-electron chi connectivity index (χ3n) is 1.02. The van der Waals surface area contributed by atoms with Crippen LogP contribution in [-0.2, 0) is 0 Å². The number of thioether (sulfide) groups is 1. The Bertz CT molecular complexity index is 84.4. The molecule has 0 bridgehead atoms. The van der Waals surface area contributed by atoms with Gasteiger partial charge in [-0.05, 0) is 12.8 Å². The number of carbonyl (C=O) groups excluding carboxylic acids is 1. The van der Waals surface area contributed by atoms with E-state index < -0.39 is 0 Å². The molecular formula is C5H8NOS. The Kier molecular flexibility index (Phi) is 2.21. The Labute approximate surface area is 53.0 Å². The minimum absolute atomic E-state index is 0.0162. The maximum absolute atomic E-state index is 10.5. The minimum Gasteiger partial charge on any atom is -0.260 e.